The minimum absolute atomic E-state index is 0.106. The van der Waals surface area contributed by atoms with Gasteiger partial charge in [-0.1, -0.05) is 53.9 Å². The predicted molar refractivity (Wildman–Crippen MR) is 136 cm³/mol. The fraction of sp³-hybridized carbons (Fsp3) is 0.903. The maximum Gasteiger partial charge on any atom is 0.317 e. The Morgan fingerprint density at radius 2 is 1.66 bits per heavy atom. The van der Waals surface area contributed by atoms with Gasteiger partial charge in [-0.05, 0) is 91.8 Å². The topological polar surface area (TPSA) is 60.4 Å². The molecule has 0 unspecified atom stereocenters. The molecule has 4 saturated carbocycles. The van der Waals surface area contributed by atoms with Gasteiger partial charge in [0.25, 0.3) is 0 Å². The number of ketones is 2. The van der Waals surface area contributed by atoms with Crippen LogP contribution in [-0.2, 0) is 19.1 Å². The third kappa shape index (κ3) is 3.86. The minimum Gasteiger partial charge on any atom is -0.461 e. The maximum absolute atomic E-state index is 13.9. The van der Waals surface area contributed by atoms with E-state index in [0.29, 0.717) is 35.4 Å². The summed E-state index contributed by atoms with van der Waals surface area (Å²) in [6.07, 6.45) is 11.2. The number of fused-ring (bicyclic) bond motifs is 7. The standard InChI is InChI=1S/C31H48O4/c1-17(2)8-7-9-18(3)21-10-11-22-20-16-24(33)28-27-25(35-29(34)26(27)19(4)32)13-15-31(28,6)23(20)12-14-30(21,22)5/h17-18,20-23,25-28H,7-16H2,1-6H3/t18-,20+,21-,22+,23+,25+,26+,27-,28-,30-,31-/m1/s1. The second kappa shape index (κ2) is 8.98. The molecule has 4 heteroatoms. The van der Waals surface area contributed by atoms with Gasteiger partial charge in [0, 0.05) is 18.3 Å². The van der Waals surface area contributed by atoms with Crippen molar-refractivity contribution in [2.75, 3.05) is 0 Å². The molecular weight excluding hydrogens is 436 g/mol. The van der Waals surface area contributed by atoms with Crippen molar-refractivity contribution in [3.8, 4) is 0 Å². The highest BCUT2D eigenvalue weighted by Crippen LogP contribution is 2.69. The number of esters is 1. The van der Waals surface area contributed by atoms with Gasteiger partial charge in [-0.2, -0.15) is 0 Å². The Morgan fingerprint density at radius 3 is 2.34 bits per heavy atom. The molecule has 0 bridgehead atoms. The van der Waals surface area contributed by atoms with Gasteiger partial charge in [-0.3, -0.25) is 14.4 Å². The first-order valence-corrected chi connectivity index (χ1v) is 14.7. The van der Waals surface area contributed by atoms with E-state index in [4.69, 9.17) is 4.74 Å². The van der Waals surface area contributed by atoms with E-state index in [1.165, 1.54) is 51.9 Å². The third-order valence-electron chi connectivity index (χ3n) is 12.1. The smallest absolute Gasteiger partial charge is 0.317 e. The summed E-state index contributed by atoms with van der Waals surface area (Å²) in [4.78, 5) is 39.0. The van der Waals surface area contributed by atoms with Crippen LogP contribution in [0.1, 0.15) is 106 Å². The van der Waals surface area contributed by atoms with E-state index in [0.717, 1.165) is 30.6 Å². The van der Waals surface area contributed by atoms with Crippen LogP contribution in [0.25, 0.3) is 0 Å². The molecule has 0 aromatic rings. The highest BCUT2D eigenvalue weighted by molar-refractivity contribution is 6.00. The molecule has 5 rings (SSSR count). The van der Waals surface area contributed by atoms with Gasteiger partial charge < -0.3 is 4.74 Å². The number of ether oxygens (including phenoxy) is 1. The van der Waals surface area contributed by atoms with E-state index in [-0.39, 0.29) is 35.1 Å². The molecule has 11 atom stereocenters. The normalized spacial score (nSPS) is 47.5. The van der Waals surface area contributed by atoms with Crippen molar-refractivity contribution in [3.05, 3.63) is 0 Å². The van der Waals surface area contributed by atoms with Crippen molar-refractivity contribution in [2.45, 2.75) is 112 Å². The van der Waals surface area contributed by atoms with Gasteiger partial charge in [0.15, 0.2) is 0 Å². The van der Waals surface area contributed by atoms with Gasteiger partial charge in [0.05, 0.1) is 0 Å². The first-order valence-electron chi connectivity index (χ1n) is 14.7. The third-order valence-corrected chi connectivity index (χ3v) is 12.1. The van der Waals surface area contributed by atoms with Gasteiger partial charge in [-0.25, -0.2) is 0 Å². The van der Waals surface area contributed by atoms with Crippen LogP contribution in [-0.4, -0.2) is 23.6 Å². The monoisotopic (exact) mass is 484 g/mol. The average molecular weight is 485 g/mol. The van der Waals surface area contributed by atoms with E-state index in [1.54, 1.807) is 0 Å². The number of hydrogen-bond acceptors (Lipinski definition) is 4. The Balaban J connectivity index is 1.38. The van der Waals surface area contributed by atoms with Gasteiger partial charge in [0.2, 0.25) is 0 Å². The number of Topliss-reactive ketones (excluding diaryl/α,β-unsaturated/α-hetero) is 2. The lowest BCUT2D eigenvalue weighted by molar-refractivity contribution is -0.169. The van der Waals surface area contributed by atoms with Gasteiger partial charge in [-0.15, -0.1) is 0 Å². The number of carbonyl (C=O) groups is 3. The summed E-state index contributed by atoms with van der Waals surface area (Å²) in [5, 5.41) is 0. The molecule has 4 nitrogen and oxygen atoms in total. The predicted octanol–water partition coefficient (Wildman–Crippen LogP) is 6.64. The quantitative estimate of drug-likeness (QED) is 0.313. The molecule has 0 amide bonds. The molecule has 0 radical (unpaired) electrons. The van der Waals surface area contributed by atoms with Crippen LogP contribution in [0.15, 0.2) is 0 Å². The Morgan fingerprint density at radius 1 is 0.971 bits per heavy atom. The summed E-state index contributed by atoms with van der Waals surface area (Å²) < 4.78 is 5.68. The number of carbonyl (C=O) groups excluding carboxylic acids is 3. The summed E-state index contributed by atoms with van der Waals surface area (Å²) in [7, 11) is 0. The SMILES string of the molecule is CC(=O)[C@@H]1C(=O)O[C@H]2CC[C@@]3(C)[C@H](C(=O)C[C@@H]4[C@@H]3CC[C@]3(C)[C@@H]([C@H](C)CCCC(C)C)CC[C@@H]43)[C@@H]12. The molecule has 0 aromatic carbocycles. The van der Waals surface area contributed by atoms with Crippen molar-refractivity contribution in [1.82, 2.24) is 0 Å². The lowest BCUT2D eigenvalue weighted by atomic mass is 9.42. The van der Waals surface area contributed by atoms with Crippen LogP contribution in [0.2, 0.25) is 0 Å². The van der Waals surface area contributed by atoms with Crippen LogP contribution in [0.3, 0.4) is 0 Å². The second-order valence-corrected chi connectivity index (χ2v) is 14.2. The van der Waals surface area contributed by atoms with E-state index >= 15 is 0 Å². The zero-order chi connectivity index (χ0) is 25.3. The molecule has 5 aliphatic rings. The largest absolute Gasteiger partial charge is 0.461 e. The average Bonchev–Trinajstić information content (AvgIpc) is 3.29. The molecular formula is C31H48O4. The Kier molecular flexibility index (Phi) is 6.53. The lowest BCUT2D eigenvalue weighted by Gasteiger charge is -2.61. The van der Waals surface area contributed by atoms with Crippen molar-refractivity contribution in [3.63, 3.8) is 0 Å². The molecule has 1 aliphatic heterocycles. The summed E-state index contributed by atoms with van der Waals surface area (Å²) in [5.41, 5.74) is 0.249. The molecule has 0 N–H and O–H groups in total. The van der Waals surface area contributed by atoms with Crippen molar-refractivity contribution in [2.24, 2.45) is 64.1 Å². The van der Waals surface area contributed by atoms with Crippen molar-refractivity contribution >= 4 is 17.5 Å². The van der Waals surface area contributed by atoms with Crippen LogP contribution in [0, 0.1) is 64.1 Å². The molecule has 0 aromatic heterocycles. The van der Waals surface area contributed by atoms with Crippen molar-refractivity contribution < 1.29 is 19.1 Å². The summed E-state index contributed by atoms with van der Waals surface area (Å²) in [5.74, 6) is 2.62. The number of hydrogen-bond donors (Lipinski definition) is 0. The Hall–Kier alpha value is -1.19. The maximum atomic E-state index is 13.9. The molecule has 5 fully saturated rings. The number of rotatable bonds is 6. The van der Waals surface area contributed by atoms with Gasteiger partial charge in [0.1, 0.15) is 23.6 Å². The lowest BCUT2D eigenvalue weighted by Crippen LogP contribution is -2.60. The molecule has 35 heavy (non-hydrogen) atoms. The van der Waals surface area contributed by atoms with E-state index in [2.05, 4.69) is 34.6 Å². The zero-order valence-electron chi connectivity index (χ0n) is 23.0. The molecule has 4 aliphatic carbocycles. The van der Waals surface area contributed by atoms with Crippen molar-refractivity contribution in [1.29, 1.82) is 0 Å². The fourth-order valence-electron chi connectivity index (χ4n) is 10.6. The second-order valence-electron chi connectivity index (χ2n) is 14.2. The first kappa shape index (κ1) is 25.5. The summed E-state index contributed by atoms with van der Waals surface area (Å²) >= 11 is 0. The Bertz CT molecular complexity index is 877. The molecule has 196 valence electrons. The molecule has 1 saturated heterocycles. The van der Waals surface area contributed by atoms with Gasteiger partial charge >= 0.3 is 5.97 Å². The minimum atomic E-state index is -0.735. The first-order chi connectivity index (χ1) is 16.5. The highest BCUT2D eigenvalue weighted by atomic mass is 16.6. The fourth-order valence-corrected chi connectivity index (χ4v) is 10.6. The summed E-state index contributed by atoms with van der Waals surface area (Å²) in [6, 6.07) is 0. The molecule has 0 spiro atoms. The molecule has 1 heterocycles. The van der Waals surface area contributed by atoms with E-state index in [9.17, 15) is 14.4 Å². The van der Waals surface area contributed by atoms with Crippen LogP contribution in [0.4, 0.5) is 0 Å². The van der Waals surface area contributed by atoms with E-state index in [1.807, 2.05) is 0 Å². The van der Waals surface area contributed by atoms with E-state index < -0.39 is 5.92 Å². The van der Waals surface area contributed by atoms with Crippen LogP contribution in [0.5, 0.6) is 0 Å². The Labute approximate surface area is 212 Å². The summed E-state index contributed by atoms with van der Waals surface area (Å²) in [6.45, 7) is 13.6. The highest BCUT2D eigenvalue weighted by Gasteiger charge is 2.67. The zero-order valence-corrected chi connectivity index (χ0v) is 23.0. The van der Waals surface area contributed by atoms with Crippen LogP contribution >= 0.6 is 0 Å². The van der Waals surface area contributed by atoms with Crippen LogP contribution < -0.4 is 0 Å².